The number of thiophene rings is 1. The summed E-state index contributed by atoms with van der Waals surface area (Å²) in [4.78, 5) is 27.4. The molecular formula is C14H10N4O4S. The summed E-state index contributed by atoms with van der Waals surface area (Å²) < 4.78 is 1.13. The van der Waals surface area contributed by atoms with Crippen LogP contribution in [0.15, 0.2) is 39.5 Å². The molecule has 3 aromatic rings. The van der Waals surface area contributed by atoms with Crippen molar-refractivity contribution in [3.63, 3.8) is 0 Å². The second-order valence-corrected chi connectivity index (χ2v) is 5.56. The molecule has 0 unspecified atom stereocenters. The Kier molecular flexibility index (Phi) is 3.62. The predicted octanol–water partition coefficient (Wildman–Crippen LogP) is 2.26. The molecule has 23 heavy (non-hydrogen) atoms. The minimum Gasteiger partial charge on any atom is -0.502 e. The van der Waals surface area contributed by atoms with Gasteiger partial charge in [-0.05, 0) is 30.5 Å². The number of benzene rings is 1. The van der Waals surface area contributed by atoms with E-state index in [9.17, 15) is 20.0 Å². The van der Waals surface area contributed by atoms with Gasteiger partial charge in [0.25, 0.3) is 5.56 Å². The van der Waals surface area contributed by atoms with Crippen molar-refractivity contribution in [2.75, 3.05) is 0 Å². The van der Waals surface area contributed by atoms with E-state index in [-0.39, 0.29) is 5.56 Å². The van der Waals surface area contributed by atoms with E-state index >= 15 is 0 Å². The lowest BCUT2D eigenvalue weighted by Crippen LogP contribution is -2.19. The highest BCUT2D eigenvalue weighted by atomic mass is 32.1. The van der Waals surface area contributed by atoms with E-state index in [1.165, 1.54) is 35.8 Å². The van der Waals surface area contributed by atoms with Crippen LogP contribution in [0.25, 0.3) is 10.2 Å². The number of nitro groups is 1. The molecule has 2 heterocycles. The molecule has 116 valence electrons. The lowest BCUT2D eigenvalue weighted by atomic mass is 10.2. The second-order valence-electron chi connectivity index (χ2n) is 4.67. The summed E-state index contributed by atoms with van der Waals surface area (Å²) in [6.45, 7) is 1.65. The monoisotopic (exact) mass is 330 g/mol. The zero-order valence-corrected chi connectivity index (χ0v) is 12.6. The number of rotatable bonds is 3. The van der Waals surface area contributed by atoms with E-state index in [1.807, 2.05) is 0 Å². The molecule has 0 fully saturated rings. The third kappa shape index (κ3) is 2.69. The zero-order chi connectivity index (χ0) is 16.6. The molecule has 8 nitrogen and oxygen atoms in total. The molecule has 0 aliphatic heterocycles. The van der Waals surface area contributed by atoms with Gasteiger partial charge in [0, 0.05) is 11.6 Å². The number of phenols is 1. The standard InChI is InChI=1S/C14H10N4O4S/c1-8-16-13-10(4-5-23-13)14(20)17(8)15-7-9-2-3-12(19)11(6-9)18(21)22/h2-7,19H,1H3/b15-7+. The minimum absolute atomic E-state index is 0.307. The average Bonchev–Trinajstić information content (AvgIpc) is 2.96. The van der Waals surface area contributed by atoms with Gasteiger partial charge in [0.15, 0.2) is 5.75 Å². The summed E-state index contributed by atoms with van der Waals surface area (Å²) in [6, 6.07) is 5.51. The Labute approximate surface area is 133 Å². The number of nitrogens with zero attached hydrogens (tertiary/aromatic N) is 4. The fraction of sp³-hybridized carbons (Fsp3) is 0.0714. The van der Waals surface area contributed by atoms with Crippen LogP contribution in [0, 0.1) is 17.0 Å². The average molecular weight is 330 g/mol. The minimum atomic E-state index is -0.691. The molecule has 0 saturated heterocycles. The molecule has 0 aliphatic rings. The summed E-state index contributed by atoms with van der Waals surface area (Å²) in [5.41, 5.74) is -0.353. The Hall–Kier alpha value is -3.07. The number of fused-ring (bicyclic) bond motifs is 1. The van der Waals surface area contributed by atoms with Crippen LogP contribution in [-0.4, -0.2) is 25.9 Å². The van der Waals surface area contributed by atoms with Crippen molar-refractivity contribution in [2.45, 2.75) is 6.92 Å². The van der Waals surface area contributed by atoms with Crippen LogP contribution < -0.4 is 5.56 Å². The van der Waals surface area contributed by atoms with Crippen molar-refractivity contribution in [1.29, 1.82) is 0 Å². The molecule has 1 aromatic carbocycles. The van der Waals surface area contributed by atoms with E-state index in [2.05, 4.69) is 10.1 Å². The van der Waals surface area contributed by atoms with E-state index < -0.39 is 16.4 Å². The Bertz CT molecular complexity index is 1010. The molecular weight excluding hydrogens is 320 g/mol. The van der Waals surface area contributed by atoms with Crippen LogP contribution in [-0.2, 0) is 0 Å². The number of phenolic OH excluding ortho intramolecular Hbond substituents is 1. The highest BCUT2D eigenvalue weighted by Gasteiger charge is 2.13. The second kappa shape index (κ2) is 5.61. The van der Waals surface area contributed by atoms with Gasteiger partial charge in [-0.25, -0.2) is 4.98 Å². The molecule has 2 aromatic heterocycles. The smallest absolute Gasteiger partial charge is 0.311 e. The first-order chi connectivity index (χ1) is 11.0. The highest BCUT2D eigenvalue weighted by molar-refractivity contribution is 7.16. The Morgan fingerprint density at radius 2 is 2.22 bits per heavy atom. The van der Waals surface area contributed by atoms with Crippen molar-refractivity contribution in [3.8, 4) is 5.75 Å². The summed E-state index contributed by atoms with van der Waals surface area (Å²) in [5.74, 6) is -0.0173. The molecule has 0 amide bonds. The van der Waals surface area contributed by atoms with Crippen molar-refractivity contribution >= 4 is 33.5 Å². The topological polar surface area (TPSA) is 111 Å². The Morgan fingerprint density at radius 3 is 2.96 bits per heavy atom. The molecule has 0 radical (unpaired) electrons. The van der Waals surface area contributed by atoms with Crippen molar-refractivity contribution in [1.82, 2.24) is 9.66 Å². The van der Waals surface area contributed by atoms with E-state index in [1.54, 1.807) is 18.4 Å². The SMILES string of the molecule is Cc1nc2sccc2c(=O)n1/N=C/c1ccc(O)c([N+](=O)[O-])c1. The van der Waals surface area contributed by atoms with Gasteiger partial charge >= 0.3 is 5.69 Å². The van der Waals surface area contributed by atoms with Crippen molar-refractivity contribution in [2.24, 2.45) is 5.10 Å². The zero-order valence-electron chi connectivity index (χ0n) is 11.8. The van der Waals surface area contributed by atoms with Gasteiger partial charge in [-0.2, -0.15) is 9.78 Å². The first-order valence-electron chi connectivity index (χ1n) is 6.46. The number of aryl methyl sites for hydroxylation is 1. The fourth-order valence-electron chi connectivity index (χ4n) is 2.03. The van der Waals surface area contributed by atoms with Crippen molar-refractivity contribution in [3.05, 3.63) is 61.5 Å². The molecule has 0 aliphatic carbocycles. The quantitative estimate of drug-likeness (QED) is 0.450. The number of nitro benzene ring substituents is 1. The van der Waals surface area contributed by atoms with Crippen LogP contribution in [0.2, 0.25) is 0 Å². The van der Waals surface area contributed by atoms with Crippen LogP contribution in [0.5, 0.6) is 5.75 Å². The molecule has 0 bridgehead atoms. The van der Waals surface area contributed by atoms with Crippen LogP contribution in [0.1, 0.15) is 11.4 Å². The summed E-state index contributed by atoms with van der Waals surface area (Å²) in [7, 11) is 0. The molecule has 0 spiro atoms. The number of aromatic hydroxyl groups is 1. The Balaban J connectivity index is 2.05. The first kappa shape index (κ1) is 14.9. The summed E-state index contributed by atoms with van der Waals surface area (Å²) in [5, 5.41) is 26.5. The van der Waals surface area contributed by atoms with Gasteiger partial charge in [0.05, 0.1) is 16.5 Å². The van der Waals surface area contributed by atoms with E-state index in [4.69, 9.17) is 0 Å². The largest absolute Gasteiger partial charge is 0.502 e. The number of hydrogen-bond donors (Lipinski definition) is 1. The van der Waals surface area contributed by atoms with Crippen LogP contribution >= 0.6 is 11.3 Å². The molecule has 1 N–H and O–H groups in total. The molecule has 3 rings (SSSR count). The van der Waals surface area contributed by atoms with Crippen LogP contribution in [0.4, 0.5) is 5.69 Å². The maximum absolute atomic E-state index is 12.3. The van der Waals surface area contributed by atoms with Crippen LogP contribution in [0.3, 0.4) is 0 Å². The van der Waals surface area contributed by atoms with Gasteiger partial charge < -0.3 is 5.11 Å². The van der Waals surface area contributed by atoms with Gasteiger partial charge in [0.1, 0.15) is 10.7 Å². The number of aromatic nitrogens is 2. The van der Waals surface area contributed by atoms with Gasteiger partial charge in [-0.1, -0.05) is 0 Å². The van der Waals surface area contributed by atoms with Gasteiger partial charge in [0.2, 0.25) is 0 Å². The molecule has 0 atom stereocenters. The van der Waals surface area contributed by atoms with E-state index in [0.717, 1.165) is 4.68 Å². The first-order valence-corrected chi connectivity index (χ1v) is 7.34. The highest BCUT2D eigenvalue weighted by Crippen LogP contribution is 2.25. The predicted molar refractivity (Wildman–Crippen MR) is 86.4 cm³/mol. The van der Waals surface area contributed by atoms with Gasteiger partial charge in [-0.3, -0.25) is 14.9 Å². The fourth-order valence-corrected chi connectivity index (χ4v) is 2.83. The third-order valence-electron chi connectivity index (χ3n) is 3.16. The summed E-state index contributed by atoms with van der Waals surface area (Å²) >= 11 is 1.37. The normalized spacial score (nSPS) is 11.3. The summed E-state index contributed by atoms with van der Waals surface area (Å²) in [6.07, 6.45) is 1.31. The maximum atomic E-state index is 12.3. The lowest BCUT2D eigenvalue weighted by molar-refractivity contribution is -0.385. The number of hydrogen-bond acceptors (Lipinski definition) is 7. The Morgan fingerprint density at radius 1 is 1.43 bits per heavy atom. The maximum Gasteiger partial charge on any atom is 0.311 e. The lowest BCUT2D eigenvalue weighted by Gasteiger charge is -2.03. The van der Waals surface area contributed by atoms with E-state index in [0.29, 0.717) is 21.6 Å². The molecule has 9 heteroatoms. The van der Waals surface area contributed by atoms with Crippen molar-refractivity contribution < 1.29 is 10.0 Å². The van der Waals surface area contributed by atoms with Gasteiger partial charge in [-0.15, -0.1) is 11.3 Å². The third-order valence-corrected chi connectivity index (χ3v) is 3.96. The molecule has 0 saturated carbocycles.